The normalized spacial score (nSPS) is 10.7. The minimum absolute atomic E-state index is 0.154. The van der Waals surface area contributed by atoms with Gasteiger partial charge in [-0.1, -0.05) is 11.6 Å². The molecule has 0 saturated carbocycles. The molecule has 2 rings (SSSR count). The van der Waals surface area contributed by atoms with Crippen molar-refractivity contribution in [3.8, 4) is 0 Å². The molecule has 2 N–H and O–H groups in total. The molecule has 0 aliphatic heterocycles. The maximum atomic E-state index is 12.3. The van der Waals surface area contributed by atoms with Gasteiger partial charge in [-0.05, 0) is 19.9 Å². The standard InChI is InChI=1S/C13H16ClN5O/c1-8(2)19-12(4-5-17-19)18-13(20)9-6-11(15-3)16-7-10(9)14/h4-8H,1-3H3,(H,15,16)(H,18,20). The zero-order chi connectivity index (χ0) is 14.7. The number of hydrogen-bond acceptors (Lipinski definition) is 4. The van der Waals surface area contributed by atoms with Crippen LogP contribution in [-0.4, -0.2) is 27.7 Å². The summed E-state index contributed by atoms with van der Waals surface area (Å²) in [5.41, 5.74) is 0.363. The van der Waals surface area contributed by atoms with Gasteiger partial charge in [0.15, 0.2) is 0 Å². The SMILES string of the molecule is CNc1cc(C(=O)Nc2ccnn2C(C)C)c(Cl)cn1. The lowest BCUT2D eigenvalue weighted by Gasteiger charge is -2.12. The van der Waals surface area contributed by atoms with Gasteiger partial charge in [-0.25, -0.2) is 9.67 Å². The second-order valence-electron chi connectivity index (χ2n) is 4.51. The molecule has 0 aliphatic rings. The van der Waals surface area contributed by atoms with Crippen LogP contribution >= 0.6 is 11.6 Å². The van der Waals surface area contributed by atoms with E-state index in [1.54, 1.807) is 30.1 Å². The first-order chi connectivity index (χ1) is 9.52. The number of nitrogens with one attached hydrogen (secondary N) is 2. The van der Waals surface area contributed by atoms with Gasteiger partial charge >= 0.3 is 0 Å². The van der Waals surface area contributed by atoms with Crippen molar-refractivity contribution in [2.75, 3.05) is 17.7 Å². The molecule has 1 amide bonds. The molecule has 0 bridgehead atoms. The lowest BCUT2D eigenvalue weighted by molar-refractivity contribution is 0.102. The average Bonchev–Trinajstić information content (AvgIpc) is 2.87. The molecule has 2 heterocycles. The van der Waals surface area contributed by atoms with Crippen LogP contribution in [0.25, 0.3) is 0 Å². The van der Waals surface area contributed by atoms with Crippen LogP contribution in [0.5, 0.6) is 0 Å². The molecule has 0 saturated heterocycles. The Labute approximate surface area is 122 Å². The Morgan fingerprint density at radius 3 is 2.85 bits per heavy atom. The van der Waals surface area contributed by atoms with Gasteiger partial charge in [0.05, 0.1) is 16.8 Å². The van der Waals surface area contributed by atoms with Crippen LogP contribution in [0.1, 0.15) is 30.2 Å². The number of pyridine rings is 1. The van der Waals surface area contributed by atoms with Crippen molar-refractivity contribution in [3.63, 3.8) is 0 Å². The Hall–Kier alpha value is -2.08. The molecular formula is C13H16ClN5O. The summed E-state index contributed by atoms with van der Waals surface area (Å²) >= 11 is 6.02. The molecular weight excluding hydrogens is 278 g/mol. The van der Waals surface area contributed by atoms with Gasteiger partial charge in [0, 0.05) is 25.4 Å². The monoisotopic (exact) mass is 293 g/mol. The molecule has 20 heavy (non-hydrogen) atoms. The Morgan fingerprint density at radius 1 is 1.45 bits per heavy atom. The fourth-order valence-electron chi connectivity index (χ4n) is 1.76. The second kappa shape index (κ2) is 5.92. The van der Waals surface area contributed by atoms with Crippen LogP contribution in [0.4, 0.5) is 11.6 Å². The van der Waals surface area contributed by atoms with E-state index in [1.165, 1.54) is 6.20 Å². The first-order valence-electron chi connectivity index (χ1n) is 6.21. The third-order valence-corrected chi connectivity index (χ3v) is 3.06. The highest BCUT2D eigenvalue weighted by atomic mass is 35.5. The summed E-state index contributed by atoms with van der Waals surface area (Å²) < 4.78 is 1.73. The van der Waals surface area contributed by atoms with Crippen LogP contribution in [0.3, 0.4) is 0 Å². The summed E-state index contributed by atoms with van der Waals surface area (Å²) in [7, 11) is 1.73. The highest BCUT2D eigenvalue weighted by Crippen LogP contribution is 2.20. The Morgan fingerprint density at radius 2 is 2.20 bits per heavy atom. The van der Waals surface area contributed by atoms with Gasteiger partial charge in [0.1, 0.15) is 11.6 Å². The molecule has 106 valence electrons. The molecule has 0 radical (unpaired) electrons. The number of amides is 1. The van der Waals surface area contributed by atoms with Crippen molar-refractivity contribution in [2.24, 2.45) is 0 Å². The van der Waals surface area contributed by atoms with E-state index in [0.29, 0.717) is 22.2 Å². The Kier molecular flexibility index (Phi) is 4.24. The molecule has 0 aliphatic carbocycles. The number of halogens is 1. The smallest absolute Gasteiger partial charge is 0.258 e. The van der Waals surface area contributed by atoms with E-state index in [2.05, 4.69) is 20.7 Å². The second-order valence-corrected chi connectivity index (χ2v) is 4.92. The Bertz CT molecular complexity index is 623. The summed E-state index contributed by atoms with van der Waals surface area (Å²) in [6.07, 6.45) is 3.09. The van der Waals surface area contributed by atoms with E-state index in [0.717, 1.165) is 0 Å². The minimum Gasteiger partial charge on any atom is -0.373 e. The summed E-state index contributed by atoms with van der Waals surface area (Å²) in [5.74, 6) is 0.914. The van der Waals surface area contributed by atoms with Gasteiger partial charge in [-0.3, -0.25) is 4.79 Å². The lowest BCUT2D eigenvalue weighted by atomic mass is 10.2. The van der Waals surface area contributed by atoms with Gasteiger partial charge in [-0.2, -0.15) is 5.10 Å². The number of nitrogens with zero attached hydrogens (tertiary/aromatic N) is 3. The maximum absolute atomic E-state index is 12.3. The third-order valence-electron chi connectivity index (χ3n) is 2.76. The summed E-state index contributed by atoms with van der Waals surface area (Å²) in [6, 6.07) is 3.50. The van der Waals surface area contributed by atoms with E-state index in [-0.39, 0.29) is 11.9 Å². The summed E-state index contributed by atoms with van der Waals surface area (Å²) in [6.45, 7) is 3.97. The molecule has 0 atom stereocenters. The van der Waals surface area contributed by atoms with E-state index in [9.17, 15) is 4.79 Å². The fourth-order valence-corrected chi connectivity index (χ4v) is 1.95. The van der Waals surface area contributed by atoms with Crippen molar-refractivity contribution in [3.05, 3.63) is 35.1 Å². The van der Waals surface area contributed by atoms with Crippen molar-refractivity contribution in [1.82, 2.24) is 14.8 Å². The van der Waals surface area contributed by atoms with Crippen LogP contribution in [-0.2, 0) is 0 Å². The largest absolute Gasteiger partial charge is 0.373 e. The average molecular weight is 294 g/mol. The number of hydrogen-bond donors (Lipinski definition) is 2. The number of anilines is 2. The molecule has 0 fully saturated rings. The molecule has 6 nitrogen and oxygen atoms in total. The fraction of sp³-hybridized carbons (Fsp3) is 0.308. The van der Waals surface area contributed by atoms with Crippen molar-refractivity contribution < 1.29 is 4.79 Å². The van der Waals surface area contributed by atoms with Crippen LogP contribution in [0.2, 0.25) is 5.02 Å². The van der Waals surface area contributed by atoms with Crippen molar-refractivity contribution in [2.45, 2.75) is 19.9 Å². The van der Waals surface area contributed by atoms with Crippen LogP contribution in [0, 0.1) is 0 Å². The molecule has 2 aromatic rings. The van der Waals surface area contributed by atoms with Crippen molar-refractivity contribution >= 4 is 29.1 Å². The van der Waals surface area contributed by atoms with Crippen molar-refractivity contribution in [1.29, 1.82) is 0 Å². The Balaban J connectivity index is 2.26. The molecule has 0 unspecified atom stereocenters. The van der Waals surface area contributed by atoms with Crippen LogP contribution in [0.15, 0.2) is 24.5 Å². The summed E-state index contributed by atoms with van der Waals surface area (Å²) in [4.78, 5) is 16.3. The number of carbonyl (C=O) groups is 1. The van der Waals surface area contributed by atoms with Crippen LogP contribution < -0.4 is 10.6 Å². The predicted octanol–water partition coefficient (Wildman–Crippen LogP) is 2.81. The van der Waals surface area contributed by atoms with Gasteiger partial charge in [-0.15, -0.1) is 0 Å². The van der Waals surface area contributed by atoms with Gasteiger partial charge < -0.3 is 10.6 Å². The molecule has 0 aromatic carbocycles. The first-order valence-corrected chi connectivity index (χ1v) is 6.59. The van der Waals surface area contributed by atoms with E-state index in [1.807, 2.05) is 13.8 Å². The van der Waals surface area contributed by atoms with Gasteiger partial charge in [0.2, 0.25) is 0 Å². The quantitative estimate of drug-likeness (QED) is 0.909. The van der Waals surface area contributed by atoms with E-state index >= 15 is 0 Å². The number of rotatable bonds is 4. The summed E-state index contributed by atoms with van der Waals surface area (Å²) in [5, 5.41) is 10.1. The number of carbonyl (C=O) groups excluding carboxylic acids is 1. The molecule has 0 spiro atoms. The first kappa shape index (κ1) is 14.3. The van der Waals surface area contributed by atoms with Gasteiger partial charge in [0.25, 0.3) is 5.91 Å². The zero-order valence-electron chi connectivity index (χ0n) is 11.5. The van der Waals surface area contributed by atoms with E-state index in [4.69, 9.17) is 11.6 Å². The molecule has 7 heteroatoms. The highest BCUT2D eigenvalue weighted by Gasteiger charge is 2.15. The predicted molar refractivity (Wildman–Crippen MR) is 79.4 cm³/mol. The topological polar surface area (TPSA) is 71.8 Å². The maximum Gasteiger partial charge on any atom is 0.258 e. The zero-order valence-corrected chi connectivity index (χ0v) is 12.3. The number of aromatic nitrogens is 3. The third kappa shape index (κ3) is 2.91. The lowest BCUT2D eigenvalue weighted by Crippen LogP contribution is -2.17. The minimum atomic E-state index is -0.295. The molecule has 2 aromatic heterocycles. The highest BCUT2D eigenvalue weighted by molar-refractivity contribution is 6.34. The van der Waals surface area contributed by atoms with E-state index < -0.39 is 0 Å².